The van der Waals surface area contributed by atoms with Crippen LogP contribution in [0.1, 0.15) is 31.9 Å². The topological polar surface area (TPSA) is 46.2 Å². The van der Waals surface area contributed by atoms with Gasteiger partial charge in [-0.1, -0.05) is 29.8 Å². The highest BCUT2D eigenvalue weighted by Gasteiger charge is 2.12. The molecule has 0 heterocycles. The first-order valence-electron chi connectivity index (χ1n) is 5.04. The van der Waals surface area contributed by atoms with E-state index in [4.69, 9.17) is 11.6 Å². The highest BCUT2D eigenvalue weighted by atomic mass is 35.5. The Bertz CT molecular complexity index is 404. The van der Waals surface area contributed by atoms with Crippen molar-refractivity contribution >= 4 is 23.3 Å². The average Bonchev–Trinajstić information content (AvgIpc) is 2.16. The Morgan fingerprint density at radius 2 is 2.00 bits per heavy atom. The van der Waals surface area contributed by atoms with Crippen molar-refractivity contribution in [2.24, 2.45) is 0 Å². The number of hydrogen-bond acceptors (Lipinski definition) is 2. The summed E-state index contributed by atoms with van der Waals surface area (Å²) in [6, 6.07) is 7.11. The van der Waals surface area contributed by atoms with E-state index in [-0.39, 0.29) is 24.2 Å². The van der Waals surface area contributed by atoms with Gasteiger partial charge in [0.2, 0.25) is 5.91 Å². The molecule has 1 aromatic rings. The summed E-state index contributed by atoms with van der Waals surface area (Å²) in [4.78, 5) is 22.1. The van der Waals surface area contributed by atoms with Gasteiger partial charge in [-0.25, -0.2) is 0 Å². The van der Waals surface area contributed by atoms with Crippen LogP contribution in [0, 0.1) is 0 Å². The Kier molecular flexibility index (Phi) is 4.50. The lowest BCUT2D eigenvalue weighted by Crippen LogP contribution is -2.28. The quantitative estimate of drug-likeness (QED) is 0.821. The van der Waals surface area contributed by atoms with Crippen LogP contribution in [0.4, 0.5) is 0 Å². The maximum absolute atomic E-state index is 11.4. The molecular weight excluding hydrogens is 226 g/mol. The summed E-state index contributed by atoms with van der Waals surface area (Å²) in [5, 5.41) is 3.33. The van der Waals surface area contributed by atoms with Gasteiger partial charge in [0.1, 0.15) is 5.78 Å². The number of ketones is 1. The average molecular weight is 240 g/mol. The molecule has 0 radical (unpaired) electrons. The van der Waals surface area contributed by atoms with Gasteiger partial charge in [-0.3, -0.25) is 9.59 Å². The molecule has 0 bridgehead atoms. The number of benzene rings is 1. The summed E-state index contributed by atoms with van der Waals surface area (Å²) in [6.45, 7) is 3.22. The second-order valence-electron chi connectivity index (χ2n) is 3.69. The molecule has 1 N–H and O–H groups in total. The van der Waals surface area contributed by atoms with E-state index in [1.165, 1.54) is 6.92 Å². The largest absolute Gasteiger partial charge is 0.349 e. The first kappa shape index (κ1) is 12.7. The number of rotatable bonds is 4. The summed E-state index contributed by atoms with van der Waals surface area (Å²) in [5.74, 6) is -0.427. The molecule has 0 aliphatic rings. The Morgan fingerprint density at radius 1 is 1.38 bits per heavy atom. The van der Waals surface area contributed by atoms with Crippen LogP contribution < -0.4 is 5.32 Å². The first-order chi connectivity index (χ1) is 7.50. The molecule has 0 aromatic heterocycles. The second kappa shape index (κ2) is 5.66. The molecular formula is C12H14ClNO2. The zero-order valence-electron chi connectivity index (χ0n) is 9.29. The van der Waals surface area contributed by atoms with Crippen molar-refractivity contribution in [3.05, 3.63) is 34.9 Å². The van der Waals surface area contributed by atoms with E-state index < -0.39 is 0 Å². The van der Waals surface area contributed by atoms with Crippen LogP contribution in [-0.4, -0.2) is 11.7 Å². The van der Waals surface area contributed by atoms with Crippen molar-refractivity contribution in [3.8, 4) is 0 Å². The fourth-order valence-corrected chi connectivity index (χ4v) is 1.72. The molecule has 0 saturated carbocycles. The van der Waals surface area contributed by atoms with Crippen molar-refractivity contribution in [1.82, 2.24) is 5.32 Å². The Labute approximate surface area is 99.8 Å². The predicted octanol–water partition coefficient (Wildman–Crippen LogP) is 2.50. The summed E-state index contributed by atoms with van der Waals surface area (Å²) in [7, 11) is 0. The fraction of sp³-hybridized carbons (Fsp3) is 0.333. The van der Waals surface area contributed by atoms with Gasteiger partial charge in [-0.2, -0.15) is 0 Å². The monoisotopic (exact) mass is 239 g/mol. The number of halogens is 1. The molecule has 1 unspecified atom stereocenters. The van der Waals surface area contributed by atoms with Gasteiger partial charge in [0.15, 0.2) is 0 Å². The molecule has 0 aliphatic carbocycles. The van der Waals surface area contributed by atoms with Crippen molar-refractivity contribution in [3.63, 3.8) is 0 Å². The van der Waals surface area contributed by atoms with E-state index in [9.17, 15) is 9.59 Å². The number of carbonyl (C=O) groups is 2. The zero-order valence-corrected chi connectivity index (χ0v) is 10.0. The molecule has 16 heavy (non-hydrogen) atoms. The molecule has 0 aliphatic heterocycles. The maximum Gasteiger partial charge on any atom is 0.227 e. The molecule has 0 saturated heterocycles. The van der Waals surface area contributed by atoms with Crippen LogP contribution in [0.25, 0.3) is 0 Å². The minimum Gasteiger partial charge on any atom is -0.349 e. The number of amides is 1. The van der Waals surface area contributed by atoms with E-state index in [0.29, 0.717) is 5.02 Å². The lowest BCUT2D eigenvalue weighted by atomic mass is 10.1. The number of nitrogens with one attached hydrogen (secondary N) is 1. The number of carbonyl (C=O) groups excluding carboxylic acids is 2. The highest BCUT2D eigenvalue weighted by Crippen LogP contribution is 2.21. The van der Waals surface area contributed by atoms with E-state index in [0.717, 1.165) is 5.56 Å². The van der Waals surface area contributed by atoms with E-state index in [2.05, 4.69) is 5.32 Å². The molecule has 4 heteroatoms. The van der Waals surface area contributed by atoms with Gasteiger partial charge in [0, 0.05) is 5.02 Å². The molecule has 1 atom stereocenters. The van der Waals surface area contributed by atoms with Crippen molar-refractivity contribution in [2.45, 2.75) is 26.3 Å². The van der Waals surface area contributed by atoms with Crippen LogP contribution in [0.15, 0.2) is 24.3 Å². The summed E-state index contributed by atoms with van der Waals surface area (Å²) in [5.41, 5.74) is 0.848. The van der Waals surface area contributed by atoms with Gasteiger partial charge in [-0.05, 0) is 25.5 Å². The normalized spacial score (nSPS) is 11.9. The number of Topliss-reactive ketones (excluding diaryl/α,β-unsaturated/α-hetero) is 1. The number of hydrogen-bond donors (Lipinski definition) is 1. The predicted molar refractivity (Wildman–Crippen MR) is 63.3 cm³/mol. The lowest BCUT2D eigenvalue weighted by Gasteiger charge is -2.15. The minimum atomic E-state index is -0.278. The van der Waals surface area contributed by atoms with Crippen LogP contribution in [0.5, 0.6) is 0 Å². The summed E-state index contributed by atoms with van der Waals surface area (Å²) >= 11 is 5.99. The third kappa shape index (κ3) is 3.66. The maximum atomic E-state index is 11.4. The van der Waals surface area contributed by atoms with Gasteiger partial charge < -0.3 is 5.32 Å². The Hall–Kier alpha value is -1.35. The van der Waals surface area contributed by atoms with E-state index in [1.54, 1.807) is 6.07 Å². The molecule has 0 spiro atoms. The lowest BCUT2D eigenvalue weighted by molar-refractivity contribution is -0.127. The highest BCUT2D eigenvalue weighted by molar-refractivity contribution is 6.31. The van der Waals surface area contributed by atoms with Gasteiger partial charge >= 0.3 is 0 Å². The minimum absolute atomic E-state index is 0.0885. The van der Waals surface area contributed by atoms with Crippen LogP contribution >= 0.6 is 11.6 Å². The molecule has 86 valence electrons. The Morgan fingerprint density at radius 3 is 2.56 bits per heavy atom. The van der Waals surface area contributed by atoms with Crippen LogP contribution in [0.3, 0.4) is 0 Å². The van der Waals surface area contributed by atoms with Crippen molar-refractivity contribution in [2.75, 3.05) is 0 Å². The Balaban J connectivity index is 2.66. The fourth-order valence-electron chi connectivity index (χ4n) is 1.42. The molecule has 0 fully saturated rings. The molecule has 1 amide bonds. The van der Waals surface area contributed by atoms with E-state index in [1.807, 2.05) is 25.1 Å². The van der Waals surface area contributed by atoms with Gasteiger partial charge in [0.05, 0.1) is 12.5 Å². The standard InChI is InChI=1S/C12H14ClNO2/c1-8(15)7-12(16)14-9(2)10-5-3-4-6-11(10)13/h3-6,9H,7H2,1-2H3,(H,14,16). The van der Waals surface area contributed by atoms with Crippen molar-refractivity contribution in [1.29, 1.82) is 0 Å². The molecule has 1 rings (SSSR count). The van der Waals surface area contributed by atoms with Crippen molar-refractivity contribution < 1.29 is 9.59 Å². The summed E-state index contributed by atoms with van der Waals surface area (Å²) in [6.07, 6.45) is -0.0885. The van der Waals surface area contributed by atoms with Gasteiger partial charge in [-0.15, -0.1) is 0 Å². The van der Waals surface area contributed by atoms with Gasteiger partial charge in [0.25, 0.3) is 0 Å². The van der Waals surface area contributed by atoms with E-state index >= 15 is 0 Å². The third-order valence-electron chi connectivity index (χ3n) is 2.16. The molecule has 3 nitrogen and oxygen atoms in total. The van der Waals surface area contributed by atoms with Crippen LogP contribution in [-0.2, 0) is 9.59 Å². The zero-order chi connectivity index (χ0) is 12.1. The third-order valence-corrected chi connectivity index (χ3v) is 2.50. The first-order valence-corrected chi connectivity index (χ1v) is 5.41. The molecule has 1 aromatic carbocycles. The van der Waals surface area contributed by atoms with Crippen LogP contribution in [0.2, 0.25) is 5.02 Å². The summed E-state index contributed by atoms with van der Waals surface area (Å²) < 4.78 is 0. The smallest absolute Gasteiger partial charge is 0.227 e. The SMILES string of the molecule is CC(=O)CC(=O)NC(C)c1ccccc1Cl. The second-order valence-corrected chi connectivity index (χ2v) is 4.10.